The van der Waals surface area contributed by atoms with Crippen LogP contribution in [0.5, 0.6) is 11.5 Å². The molecule has 0 radical (unpaired) electrons. The normalized spacial score (nSPS) is 11.0. The third-order valence-corrected chi connectivity index (χ3v) is 6.42. The van der Waals surface area contributed by atoms with E-state index in [1.807, 2.05) is 48.5 Å². The Hall–Kier alpha value is -2.88. The molecule has 2 heterocycles. The minimum absolute atomic E-state index is 0.224. The molecule has 32 heavy (non-hydrogen) atoms. The van der Waals surface area contributed by atoms with E-state index in [4.69, 9.17) is 20.6 Å². The lowest BCUT2D eigenvalue weighted by molar-refractivity contribution is 0.283. The van der Waals surface area contributed by atoms with E-state index in [0.29, 0.717) is 21.7 Å². The zero-order valence-electron chi connectivity index (χ0n) is 17.5. The molecule has 2 aromatic heterocycles. The van der Waals surface area contributed by atoms with Gasteiger partial charge in [-0.05, 0) is 49.1 Å². The first-order valence-corrected chi connectivity index (χ1v) is 12.2. The third-order valence-electron chi connectivity index (χ3n) is 4.62. The molecule has 2 aromatic carbocycles. The van der Waals surface area contributed by atoms with E-state index >= 15 is 0 Å². The second-order valence-electron chi connectivity index (χ2n) is 7.12. The maximum atomic E-state index is 8.93. The van der Waals surface area contributed by atoms with Gasteiger partial charge in [-0.15, -0.1) is 0 Å². The molecule has 0 aliphatic heterocycles. The lowest BCUT2D eigenvalue weighted by Gasteiger charge is -2.09. The number of ether oxygens (including phenoxy) is 1. The highest BCUT2D eigenvalue weighted by molar-refractivity contribution is 7.98. The van der Waals surface area contributed by atoms with E-state index < -0.39 is 0 Å². The number of aromatic nitrogens is 3. The molecule has 166 valence electrons. The van der Waals surface area contributed by atoms with Gasteiger partial charge in [-0.2, -0.15) is 0 Å². The molecule has 4 aromatic rings. The van der Waals surface area contributed by atoms with Crippen molar-refractivity contribution in [2.75, 3.05) is 24.2 Å². The number of anilines is 2. The van der Waals surface area contributed by atoms with Crippen molar-refractivity contribution >= 4 is 44.4 Å². The fourth-order valence-corrected chi connectivity index (χ4v) is 4.62. The molecule has 0 amide bonds. The van der Waals surface area contributed by atoms with E-state index in [1.54, 1.807) is 11.8 Å². The van der Waals surface area contributed by atoms with Crippen LogP contribution in [0.4, 0.5) is 10.9 Å². The largest absolute Gasteiger partial charge is 0.457 e. The maximum Gasteiger partial charge on any atom is 0.191 e. The number of aliphatic hydroxyl groups excluding tert-OH is 1. The van der Waals surface area contributed by atoms with Crippen LogP contribution < -0.4 is 15.8 Å². The monoisotopic (exact) mass is 467 g/mol. The molecule has 0 spiro atoms. The molecule has 0 unspecified atom stereocenters. The summed E-state index contributed by atoms with van der Waals surface area (Å²) in [6.45, 7) is 0.994. The van der Waals surface area contributed by atoms with Crippen molar-refractivity contribution in [1.82, 2.24) is 15.0 Å². The Balaban J connectivity index is 1.44. The average Bonchev–Trinajstić information content (AvgIpc) is 3.19. The predicted octanol–water partition coefficient (Wildman–Crippen LogP) is 5.33. The molecule has 4 rings (SSSR count). The number of fused-ring (bicyclic) bond motifs is 1. The van der Waals surface area contributed by atoms with Crippen LogP contribution in [0.25, 0.3) is 10.3 Å². The standard InChI is InChI=1S/C23H25N5O2S2/c24-22-26-21-19(32-22)20(25-12-5-2-6-13-29)27-23(28-21)31-15-16-8-7-11-18(14-16)30-17-9-3-1-4-10-17/h1,3-4,7-11,14,29H,2,5-6,12-13,15H2,(H3,24,25,26,27,28). The van der Waals surface area contributed by atoms with Crippen LogP contribution in [-0.4, -0.2) is 33.2 Å². The number of unbranched alkanes of at least 4 members (excludes halogenated alkanes) is 2. The zero-order valence-corrected chi connectivity index (χ0v) is 19.2. The molecule has 7 nitrogen and oxygen atoms in total. The Labute approximate surface area is 195 Å². The Bertz CT molecular complexity index is 1150. The number of nitrogen functional groups attached to an aromatic ring is 1. The summed E-state index contributed by atoms with van der Waals surface area (Å²) >= 11 is 2.93. The fourth-order valence-electron chi connectivity index (χ4n) is 3.10. The van der Waals surface area contributed by atoms with Gasteiger partial charge in [0.15, 0.2) is 21.8 Å². The van der Waals surface area contributed by atoms with Gasteiger partial charge in [0.1, 0.15) is 16.2 Å². The van der Waals surface area contributed by atoms with Gasteiger partial charge in [-0.1, -0.05) is 53.4 Å². The number of benzene rings is 2. The number of aliphatic hydroxyl groups is 1. The summed E-state index contributed by atoms with van der Waals surface area (Å²) in [5, 5.41) is 13.4. The number of thioether (sulfide) groups is 1. The second-order valence-corrected chi connectivity index (χ2v) is 9.10. The quantitative estimate of drug-likeness (QED) is 0.154. The molecule has 0 atom stereocenters. The van der Waals surface area contributed by atoms with E-state index in [2.05, 4.69) is 21.4 Å². The van der Waals surface area contributed by atoms with E-state index in [1.165, 1.54) is 11.3 Å². The molecule has 9 heteroatoms. The van der Waals surface area contributed by atoms with Gasteiger partial charge in [0, 0.05) is 18.9 Å². The molecule has 0 aliphatic rings. The van der Waals surface area contributed by atoms with E-state index in [-0.39, 0.29) is 6.61 Å². The summed E-state index contributed by atoms with van der Waals surface area (Å²) in [5.74, 6) is 3.06. The first-order valence-electron chi connectivity index (χ1n) is 10.4. The van der Waals surface area contributed by atoms with Crippen LogP contribution in [0.15, 0.2) is 59.8 Å². The van der Waals surface area contributed by atoms with Crippen LogP contribution in [0.1, 0.15) is 24.8 Å². The molecule has 0 saturated carbocycles. The van der Waals surface area contributed by atoms with Crippen molar-refractivity contribution in [3.63, 3.8) is 0 Å². The van der Waals surface area contributed by atoms with E-state index in [9.17, 15) is 0 Å². The van der Waals surface area contributed by atoms with Crippen LogP contribution in [-0.2, 0) is 5.75 Å². The minimum atomic E-state index is 0.224. The van der Waals surface area contributed by atoms with Crippen LogP contribution >= 0.6 is 23.1 Å². The minimum Gasteiger partial charge on any atom is -0.457 e. The first-order chi connectivity index (χ1) is 15.7. The second kappa shape index (κ2) is 11.1. The summed E-state index contributed by atoms with van der Waals surface area (Å²) in [5.41, 5.74) is 7.64. The molecule has 0 aliphatic carbocycles. The summed E-state index contributed by atoms with van der Waals surface area (Å²) in [4.78, 5) is 13.6. The summed E-state index contributed by atoms with van der Waals surface area (Å²) < 4.78 is 6.80. The van der Waals surface area contributed by atoms with Gasteiger partial charge in [0.25, 0.3) is 0 Å². The third kappa shape index (κ3) is 6.09. The highest BCUT2D eigenvalue weighted by Gasteiger charge is 2.13. The van der Waals surface area contributed by atoms with Gasteiger partial charge in [-0.3, -0.25) is 0 Å². The van der Waals surface area contributed by atoms with Crippen molar-refractivity contribution in [3.05, 3.63) is 60.2 Å². The summed E-state index contributed by atoms with van der Waals surface area (Å²) in [6.07, 6.45) is 2.73. The Morgan fingerprint density at radius 2 is 1.81 bits per heavy atom. The lowest BCUT2D eigenvalue weighted by Crippen LogP contribution is -2.05. The van der Waals surface area contributed by atoms with Crippen LogP contribution in [0.3, 0.4) is 0 Å². The van der Waals surface area contributed by atoms with Gasteiger partial charge >= 0.3 is 0 Å². The molecule has 0 bridgehead atoms. The van der Waals surface area contributed by atoms with Crippen LogP contribution in [0, 0.1) is 0 Å². The lowest BCUT2D eigenvalue weighted by atomic mass is 10.2. The Morgan fingerprint density at radius 3 is 2.66 bits per heavy atom. The first kappa shape index (κ1) is 22.3. The fraction of sp³-hybridized carbons (Fsp3) is 0.261. The number of hydrogen-bond donors (Lipinski definition) is 3. The number of hydrogen-bond acceptors (Lipinski definition) is 9. The Morgan fingerprint density at radius 1 is 0.969 bits per heavy atom. The Kier molecular flexibility index (Phi) is 7.76. The average molecular weight is 468 g/mol. The summed E-state index contributed by atoms with van der Waals surface area (Å²) in [7, 11) is 0. The number of para-hydroxylation sites is 1. The van der Waals surface area contributed by atoms with Crippen molar-refractivity contribution in [2.45, 2.75) is 30.2 Å². The smallest absolute Gasteiger partial charge is 0.191 e. The van der Waals surface area contributed by atoms with Crippen LogP contribution in [0.2, 0.25) is 0 Å². The van der Waals surface area contributed by atoms with E-state index in [0.717, 1.165) is 53.4 Å². The predicted molar refractivity (Wildman–Crippen MR) is 132 cm³/mol. The van der Waals surface area contributed by atoms with Gasteiger partial charge in [0.05, 0.1) is 0 Å². The van der Waals surface area contributed by atoms with Gasteiger partial charge < -0.3 is 20.9 Å². The molecule has 0 saturated heterocycles. The SMILES string of the molecule is Nc1nc2nc(SCc3cccc(Oc4ccccc4)c3)nc(NCCCCCO)c2s1. The molecular formula is C23H25N5O2S2. The molecule has 0 fully saturated rings. The topological polar surface area (TPSA) is 106 Å². The van der Waals surface area contributed by atoms with Crippen molar-refractivity contribution in [3.8, 4) is 11.5 Å². The number of thiazole rings is 1. The highest BCUT2D eigenvalue weighted by atomic mass is 32.2. The molecular weight excluding hydrogens is 442 g/mol. The number of nitrogens with zero attached hydrogens (tertiary/aromatic N) is 3. The summed E-state index contributed by atoms with van der Waals surface area (Å²) in [6, 6.07) is 17.7. The number of nitrogens with two attached hydrogens (primary N) is 1. The maximum absolute atomic E-state index is 8.93. The molecule has 4 N–H and O–H groups in total. The highest BCUT2D eigenvalue weighted by Crippen LogP contribution is 2.32. The van der Waals surface area contributed by atoms with Crippen molar-refractivity contribution < 1.29 is 9.84 Å². The number of rotatable bonds is 11. The van der Waals surface area contributed by atoms with Crippen molar-refractivity contribution in [2.24, 2.45) is 0 Å². The van der Waals surface area contributed by atoms with Gasteiger partial charge in [0.2, 0.25) is 0 Å². The van der Waals surface area contributed by atoms with Crippen molar-refractivity contribution in [1.29, 1.82) is 0 Å². The number of nitrogens with one attached hydrogen (secondary N) is 1. The van der Waals surface area contributed by atoms with Gasteiger partial charge in [-0.25, -0.2) is 15.0 Å². The zero-order chi connectivity index (χ0) is 22.2.